The van der Waals surface area contributed by atoms with Crippen molar-refractivity contribution in [1.82, 2.24) is 4.90 Å². The van der Waals surface area contributed by atoms with Crippen molar-refractivity contribution in [2.75, 3.05) is 13.7 Å². The van der Waals surface area contributed by atoms with Gasteiger partial charge in [0.15, 0.2) is 0 Å². The van der Waals surface area contributed by atoms with E-state index in [1.165, 1.54) is 0 Å². The maximum atomic E-state index is 11.8. The Bertz CT molecular complexity index is 442. The molecular weight excluding hydrogens is 210 g/mol. The van der Waals surface area contributed by atoms with Crippen LogP contribution in [-0.4, -0.2) is 29.5 Å². The summed E-state index contributed by atoms with van der Waals surface area (Å²) in [7, 11) is 1.60. The van der Waals surface area contributed by atoms with Crippen molar-refractivity contribution in [2.45, 2.75) is 6.92 Å². The molecule has 0 radical (unpaired) electrons. The largest absolute Gasteiger partial charge is 0.497 e. The first-order valence-corrected chi connectivity index (χ1v) is 5.14. The summed E-state index contributed by atoms with van der Waals surface area (Å²) in [5.74, 6) is 0.710. The number of hydrogen-bond acceptors (Lipinski definition) is 3. The molecule has 0 atom stereocenters. The molecule has 0 aliphatic carbocycles. The lowest BCUT2D eigenvalue weighted by Gasteiger charge is -2.11. The number of ether oxygens (including phenoxy) is 1. The van der Waals surface area contributed by atoms with Crippen LogP contribution in [-0.2, 0) is 0 Å². The molecule has 15 heavy (non-hydrogen) atoms. The Labute approximate surface area is 93.6 Å². The molecule has 0 aromatic heterocycles. The highest BCUT2D eigenvalue weighted by atomic mass is 32.1. The van der Waals surface area contributed by atoms with Crippen LogP contribution in [0.3, 0.4) is 0 Å². The molecule has 0 fully saturated rings. The van der Waals surface area contributed by atoms with Crippen molar-refractivity contribution in [3.8, 4) is 5.75 Å². The van der Waals surface area contributed by atoms with Crippen molar-refractivity contribution >= 4 is 23.1 Å². The smallest absolute Gasteiger partial charge is 0.259 e. The predicted molar refractivity (Wildman–Crippen MR) is 61.4 cm³/mol. The molecule has 1 aliphatic heterocycles. The van der Waals surface area contributed by atoms with Crippen LogP contribution >= 0.6 is 12.2 Å². The van der Waals surface area contributed by atoms with Gasteiger partial charge in [0, 0.05) is 12.1 Å². The van der Waals surface area contributed by atoms with Gasteiger partial charge >= 0.3 is 0 Å². The molecule has 0 N–H and O–H groups in total. The zero-order valence-corrected chi connectivity index (χ0v) is 9.43. The van der Waals surface area contributed by atoms with Gasteiger partial charge in [-0.15, -0.1) is 0 Å². The third kappa shape index (κ3) is 1.41. The van der Waals surface area contributed by atoms with Crippen molar-refractivity contribution in [3.05, 3.63) is 29.3 Å². The second-order valence-electron chi connectivity index (χ2n) is 3.27. The van der Waals surface area contributed by atoms with Crippen LogP contribution in [0, 0.1) is 0 Å². The van der Waals surface area contributed by atoms with E-state index in [1.54, 1.807) is 24.1 Å². The lowest BCUT2D eigenvalue weighted by Crippen LogP contribution is -2.28. The van der Waals surface area contributed by atoms with Crippen LogP contribution in [0.4, 0.5) is 0 Å². The maximum absolute atomic E-state index is 11.8. The first-order valence-electron chi connectivity index (χ1n) is 4.73. The Hall–Kier alpha value is -1.42. The molecular formula is C11H11NO2S. The van der Waals surface area contributed by atoms with Crippen LogP contribution in [0.1, 0.15) is 22.8 Å². The first kappa shape index (κ1) is 10.1. The van der Waals surface area contributed by atoms with E-state index in [0.717, 1.165) is 11.3 Å². The number of methoxy groups -OCH3 is 1. The minimum Gasteiger partial charge on any atom is -0.497 e. The van der Waals surface area contributed by atoms with Gasteiger partial charge in [-0.25, -0.2) is 0 Å². The van der Waals surface area contributed by atoms with Crippen LogP contribution in [0.25, 0.3) is 0 Å². The molecule has 2 rings (SSSR count). The average Bonchev–Trinajstić information content (AvgIpc) is 2.51. The average molecular weight is 221 g/mol. The van der Waals surface area contributed by atoms with Crippen molar-refractivity contribution in [2.24, 2.45) is 0 Å². The molecule has 0 saturated carbocycles. The van der Waals surface area contributed by atoms with Gasteiger partial charge in [-0.05, 0) is 25.1 Å². The van der Waals surface area contributed by atoms with E-state index in [4.69, 9.17) is 17.0 Å². The highest BCUT2D eigenvalue weighted by Crippen LogP contribution is 2.27. The number of amides is 1. The Balaban J connectivity index is 2.53. The fourth-order valence-corrected chi connectivity index (χ4v) is 2.06. The quantitative estimate of drug-likeness (QED) is 0.714. The number of thiocarbonyl (C=S) groups is 1. The molecule has 78 valence electrons. The fourth-order valence-electron chi connectivity index (χ4n) is 1.68. The molecule has 1 heterocycles. The van der Waals surface area contributed by atoms with Crippen molar-refractivity contribution < 1.29 is 9.53 Å². The SMILES string of the molecule is CCN1C(=O)c2ccc(OC)cc2C1=S. The monoisotopic (exact) mass is 221 g/mol. The second-order valence-corrected chi connectivity index (χ2v) is 3.65. The van der Waals surface area contributed by atoms with Crippen LogP contribution in [0.2, 0.25) is 0 Å². The number of benzene rings is 1. The van der Waals surface area contributed by atoms with E-state index in [-0.39, 0.29) is 5.91 Å². The third-order valence-electron chi connectivity index (χ3n) is 2.49. The van der Waals surface area contributed by atoms with Gasteiger partial charge in [0.25, 0.3) is 5.91 Å². The molecule has 1 aliphatic rings. The van der Waals surface area contributed by atoms with Gasteiger partial charge in [-0.3, -0.25) is 9.69 Å². The normalized spacial score (nSPS) is 14.4. The van der Waals surface area contributed by atoms with Crippen LogP contribution in [0.5, 0.6) is 5.75 Å². The Morgan fingerprint density at radius 3 is 2.73 bits per heavy atom. The van der Waals surface area contributed by atoms with E-state index in [0.29, 0.717) is 17.1 Å². The predicted octanol–water partition coefficient (Wildman–Crippen LogP) is 1.85. The van der Waals surface area contributed by atoms with E-state index >= 15 is 0 Å². The summed E-state index contributed by atoms with van der Waals surface area (Å²) >= 11 is 5.23. The van der Waals surface area contributed by atoms with Crippen molar-refractivity contribution in [3.63, 3.8) is 0 Å². The van der Waals surface area contributed by atoms with E-state index in [1.807, 2.05) is 13.0 Å². The van der Waals surface area contributed by atoms with E-state index in [2.05, 4.69) is 0 Å². The molecule has 0 saturated heterocycles. The zero-order valence-electron chi connectivity index (χ0n) is 8.61. The topological polar surface area (TPSA) is 29.5 Å². The van der Waals surface area contributed by atoms with Crippen molar-refractivity contribution in [1.29, 1.82) is 0 Å². The number of nitrogens with zero attached hydrogens (tertiary/aromatic N) is 1. The summed E-state index contributed by atoms with van der Waals surface area (Å²) in [6.07, 6.45) is 0. The van der Waals surface area contributed by atoms with E-state index < -0.39 is 0 Å². The third-order valence-corrected chi connectivity index (χ3v) is 2.93. The van der Waals surface area contributed by atoms with Gasteiger partial charge in [0.2, 0.25) is 0 Å². The highest BCUT2D eigenvalue weighted by molar-refractivity contribution is 7.80. The summed E-state index contributed by atoms with van der Waals surface area (Å²) in [5.41, 5.74) is 1.47. The van der Waals surface area contributed by atoms with Gasteiger partial charge < -0.3 is 4.74 Å². The summed E-state index contributed by atoms with van der Waals surface area (Å²) in [4.78, 5) is 14.0. The minimum absolute atomic E-state index is 0.0137. The Kier molecular flexibility index (Phi) is 2.44. The maximum Gasteiger partial charge on any atom is 0.259 e. The van der Waals surface area contributed by atoms with E-state index in [9.17, 15) is 4.79 Å². The molecule has 0 spiro atoms. The lowest BCUT2D eigenvalue weighted by atomic mass is 10.1. The van der Waals surface area contributed by atoms with Crippen LogP contribution in [0.15, 0.2) is 18.2 Å². The Morgan fingerprint density at radius 2 is 2.13 bits per heavy atom. The molecule has 3 nitrogen and oxygen atoms in total. The molecule has 0 unspecified atom stereocenters. The van der Waals surface area contributed by atoms with Crippen LogP contribution < -0.4 is 4.74 Å². The van der Waals surface area contributed by atoms with Gasteiger partial charge in [-0.1, -0.05) is 12.2 Å². The molecule has 1 aromatic carbocycles. The van der Waals surface area contributed by atoms with Gasteiger partial charge in [0.1, 0.15) is 10.7 Å². The summed E-state index contributed by atoms with van der Waals surface area (Å²) in [6.45, 7) is 2.52. The number of hydrogen-bond donors (Lipinski definition) is 0. The summed E-state index contributed by atoms with van der Waals surface area (Å²) in [6, 6.07) is 5.35. The number of carbonyl (C=O) groups excluding carboxylic acids is 1. The first-order chi connectivity index (χ1) is 7.19. The molecule has 4 heteroatoms. The summed E-state index contributed by atoms with van der Waals surface area (Å²) in [5, 5.41) is 0. The van der Waals surface area contributed by atoms with Gasteiger partial charge in [-0.2, -0.15) is 0 Å². The summed E-state index contributed by atoms with van der Waals surface area (Å²) < 4.78 is 5.10. The number of carbonyl (C=O) groups is 1. The lowest BCUT2D eigenvalue weighted by molar-refractivity contribution is 0.0867. The highest BCUT2D eigenvalue weighted by Gasteiger charge is 2.31. The molecule has 1 aromatic rings. The fraction of sp³-hybridized carbons (Fsp3) is 0.273. The molecule has 1 amide bonds. The minimum atomic E-state index is -0.0137. The Morgan fingerprint density at radius 1 is 1.40 bits per heavy atom. The zero-order chi connectivity index (χ0) is 11.0. The standard InChI is InChI=1S/C11H11NO2S/c1-3-12-10(13)8-5-4-7(14-2)6-9(8)11(12)15/h4-6H,3H2,1-2H3. The van der Waals surface area contributed by atoms with Gasteiger partial charge in [0.05, 0.1) is 12.7 Å². The number of fused-ring (bicyclic) bond motifs is 1. The molecule has 0 bridgehead atoms. The second kappa shape index (κ2) is 3.62. The number of rotatable bonds is 2.